The summed E-state index contributed by atoms with van der Waals surface area (Å²) in [6, 6.07) is 0. The highest BCUT2D eigenvalue weighted by atomic mass is 16.2. The molecule has 6 heterocycles. The van der Waals surface area contributed by atoms with Gasteiger partial charge in [0.1, 0.15) is 22.8 Å². The van der Waals surface area contributed by atoms with Crippen LogP contribution >= 0.6 is 0 Å². The molecule has 0 aromatic carbocycles. The highest BCUT2D eigenvalue weighted by molar-refractivity contribution is 5.69. The van der Waals surface area contributed by atoms with Crippen LogP contribution in [0.25, 0.3) is 33.5 Å². The highest BCUT2D eigenvalue weighted by Crippen LogP contribution is 1.99. The second-order valence-electron chi connectivity index (χ2n) is 8.97. The number of H-pyrrole nitrogens is 3. The smallest absolute Gasteiger partial charge is 0.332 e. The third-order valence-corrected chi connectivity index (χ3v) is 6.09. The van der Waals surface area contributed by atoms with Gasteiger partial charge >= 0.3 is 17.1 Å². The van der Waals surface area contributed by atoms with E-state index >= 15 is 0 Å². The number of carbonyl (C=O) groups is 1. The van der Waals surface area contributed by atoms with Crippen LogP contribution in [0.2, 0.25) is 0 Å². The number of imidazole rings is 3. The number of aromatic amines is 3. The molecule has 0 atom stereocenters. The van der Waals surface area contributed by atoms with Gasteiger partial charge in [-0.2, -0.15) is 0 Å². The Morgan fingerprint density at radius 3 is 0.978 bits per heavy atom. The number of nitrogens with zero attached hydrogens (tertiary/aromatic N) is 9. The van der Waals surface area contributed by atoms with E-state index in [1.165, 1.54) is 60.8 Å². The SMILES string of the molecule is CC=O.CCO.Cn1c(=O)c2[nH]cnc2n(C)c1=O.Cn1c(=O)c2[nH]cnc2n(C)c1=O.Cn1c(=O)c2[nH]cnc2n(C)c1=O. The summed E-state index contributed by atoms with van der Waals surface area (Å²) in [5.74, 6) is 0. The first-order valence-corrected chi connectivity index (χ1v) is 13.0. The number of fused-ring (bicyclic) bond motifs is 3. The fourth-order valence-electron chi connectivity index (χ4n) is 3.81. The molecule has 6 aromatic heterocycles. The van der Waals surface area contributed by atoms with Gasteiger partial charge in [-0.1, -0.05) is 0 Å². The van der Waals surface area contributed by atoms with Crippen molar-refractivity contribution in [3.8, 4) is 0 Å². The molecular weight excluding hydrogens is 596 g/mol. The lowest BCUT2D eigenvalue weighted by Crippen LogP contribution is -2.36. The number of aromatic nitrogens is 12. The average Bonchev–Trinajstić information content (AvgIpc) is 3.81. The molecule has 0 unspecified atom stereocenters. The molecule has 0 aliphatic rings. The quantitative estimate of drug-likeness (QED) is 0.124. The summed E-state index contributed by atoms with van der Waals surface area (Å²) >= 11 is 0. The van der Waals surface area contributed by atoms with Gasteiger partial charge in [-0.05, 0) is 13.8 Å². The van der Waals surface area contributed by atoms with Gasteiger partial charge in [0.05, 0.1) is 19.0 Å². The van der Waals surface area contributed by atoms with Crippen LogP contribution in [-0.4, -0.2) is 75.3 Å². The molecule has 0 aliphatic heterocycles. The minimum absolute atomic E-state index is 0.250. The molecule has 4 N–H and O–H groups in total. The van der Waals surface area contributed by atoms with Crippen molar-refractivity contribution in [3.05, 3.63) is 81.5 Å². The Balaban J connectivity index is 0.000000216. The summed E-state index contributed by atoms with van der Waals surface area (Å²) in [6.45, 7) is 3.38. The molecule has 0 amide bonds. The molecule has 0 aliphatic carbocycles. The lowest BCUT2D eigenvalue weighted by Gasteiger charge is -2.00. The number of hydrogen-bond acceptors (Lipinski definition) is 11. The number of aldehydes is 1. The zero-order chi connectivity index (χ0) is 34.2. The summed E-state index contributed by atoms with van der Waals surface area (Å²) in [6.07, 6.45) is 4.93. The van der Waals surface area contributed by atoms with E-state index in [2.05, 4.69) is 29.9 Å². The number of aliphatic hydroxyl groups excluding tert-OH is 1. The molecule has 242 valence electrons. The van der Waals surface area contributed by atoms with Crippen LogP contribution in [0.5, 0.6) is 0 Å². The van der Waals surface area contributed by atoms with E-state index in [1.807, 2.05) is 0 Å². The summed E-state index contributed by atoms with van der Waals surface area (Å²) < 4.78 is 7.11. The normalized spacial score (nSPS) is 10.2. The lowest BCUT2D eigenvalue weighted by molar-refractivity contribution is -0.106. The van der Waals surface area contributed by atoms with Crippen molar-refractivity contribution in [2.45, 2.75) is 13.8 Å². The van der Waals surface area contributed by atoms with Crippen molar-refractivity contribution in [1.29, 1.82) is 0 Å². The Morgan fingerprint density at radius 1 is 0.578 bits per heavy atom. The molecule has 6 rings (SSSR count). The number of aryl methyl sites for hydroxylation is 3. The van der Waals surface area contributed by atoms with E-state index in [1.54, 1.807) is 28.1 Å². The highest BCUT2D eigenvalue weighted by Gasteiger charge is 2.11. The van der Waals surface area contributed by atoms with Gasteiger partial charge in [0.25, 0.3) is 16.7 Å². The van der Waals surface area contributed by atoms with Gasteiger partial charge in [-0.15, -0.1) is 0 Å². The van der Waals surface area contributed by atoms with Crippen molar-refractivity contribution in [3.63, 3.8) is 0 Å². The lowest BCUT2D eigenvalue weighted by atomic mass is 10.5. The van der Waals surface area contributed by atoms with Crippen molar-refractivity contribution >= 4 is 39.8 Å². The second-order valence-corrected chi connectivity index (χ2v) is 8.97. The third-order valence-electron chi connectivity index (χ3n) is 6.09. The molecule has 20 nitrogen and oxygen atoms in total. The van der Waals surface area contributed by atoms with E-state index in [-0.39, 0.29) is 40.4 Å². The topological polar surface area (TPSA) is 255 Å². The number of hydrogen-bond donors (Lipinski definition) is 4. The van der Waals surface area contributed by atoms with E-state index in [0.717, 1.165) is 20.0 Å². The van der Waals surface area contributed by atoms with E-state index in [9.17, 15) is 28.8 Å². The van der Waals surface area contributed by atoms with Gasteiger partial charge < -0.3 is 24.9 Å². The number of rotatable bonds is 0. The van der Waals surface area contributed by atoms with Gasteiger partial charge in [-0.25, -0.2) is 29.3 Å². The molecule has 0 bridgehead atoms. The van der Waals surface area contributed by atoms with Crippen LogP contribution in [-0.2, 0) is 47.1 Å². The molecule has 0 saturated heterocycles. The maximum atomic E-state index is 11.4. The Kier molecular flexibility index (Phi) is 11.8. The summed E-state index contributed by atoms with van der Waals surface area (Å²) in [4.78, 5) is 97.0. The zero-order valence-electron chi connectivity index (χ0n) is 25.8. The Labute approximate surface area is 251 Å². The predicted octanol–water partition coefficient (Wildman–Crippen LogP) is -2.92. The van der Waals surface area contributed by atoms with Crippen molar-refractivity contribution < 1.29 is 9.90 Å². The van der Waals surface area contributed by atoms with Crippen LogP contribution in [0.3, 0.4) is 0 Å². The van der Waals surface area contributed by atoms with Gasteiger partial charge in [-0.3, -0.25) is 41.8 Å². The Hall–Kier alpha value is -5.92. The van der Waals surface area contributed by atoms with Crippen LogP contribution < -0.4 is 33.7 Å². The first kappa shape index (κ1) is 35.3. The third kappa shape index (κ3) is 7.01. The molecule has 6 aromatic rings. The van der Waals surface area contributed by atoms with Gasteiger partial charge in [0, 0.05) is 48.9 Å². The average molecular weight is 631 g/mol. The Morgan fingerprint density at radius 2 is 0.778 bits per heavy atom. The van der Waals surface area contributed by atoms with Crippen molar-refractivity contribution in [1.82, 2.24) is 57.3 Å². The first-order chi connectivity index (χ1) is 21.2. The maximum Gasteiger partial charge on any atom is 0.332 e. The summed E-state index contributed by atoms with van der Waals surface area (Å²) in [5.41, 5.74) is 0.0358. The van der Waals surface area contributed by atoms with Crippen LogP contribution in [0.1, 0.15) is 13.8 Å². The summed E-state index contributed by atoms with van der Waals surface area (Å²) in [7, 11) is 9.03. The predicted molar refractivity (Wildman–Crippen MR) is 164 cm³/mol. The van der Waals surface area contributed by atoms with Crippen LogP contribution in [0, 0.1) is 0 Å². The van der Waals surface area contributed by atoms with Crippen molar-refractivity contribution in [2.75, 3.05) is 6.61 Å². The molecule has 0 saturated carbocycles. The molecule has 0 radical (unpaired) electrons. The first-order valence-electron chi connectivity index (χ1n) is 13.0. The zero-order valence-corrected chi connectivity index (χ0v) is 25.8. The molecular formula is C25H34N12O8. The molecule has 45 heavy (non-hydrogen) atoms. The monoisotopic (exact) mass is 630 g/mol. The van der Waals surface area contributed by atoms with E-state index < -0.39 is 0 Å². The molecule has 0 fully saturated rings. The van der Waals surface area contributed by atoms with E-state index in [4.69, 9.17) is 9.90 Å². The van der Waals surface area contributed by atoms with Crippen LogP contribution in [0.15, 0.2) is 47.7 Å². The number of aliphatic hydroxyl groups is 1. The number of carbonyl (C=O) groups excluding carboxylic acids is 1. The van der Waals surface area contributed by atoms with Gasteiger partial charge in [0.2, 0.25) is 0 Å². The fraction of sp³-hybridized carbons (Fsp3) is 0.360. The minimum Gasteiger partial charge on any atom is -0.397 e. The van der Waals surface area contributed by atoms with Crippen LogP contribution in [0.4, 0.5) is 0 Å². The molecule has 20 heteroatoms. The Bertz CT molecular complexity index is 2050. The largest absolute Gasteiger partial charge is 0.397 e. The van der Waals surface area contributed by atoms with Crippen molar-refractivity contribution in [2.24, 2.45) is 42.3 Å². The van der Waals surface area contributed by atoms with Gasteiger partial charge in [0.15, 0.2) is 16.9 Å². The fourth-order valence-corrected chi connectivity index (χ4v) is 3.81. The summed E-state index contributed by atoms with van der Waals surface area (Å²) in [5, 5.41) is 7.57. The minimum atomic E-state index is -0.371. The number of nitrogens with one attached hydrogen (secondary N) is 3. The standard InChI is InChI=1S/3C7H8N4O2.C2H6O.C2H4O/c3*1-10-5-4(8-3-9-5)6(12)11(2)7(10)13;2*1-2-3/h3*3H,1-2H3,(H,8,9);3H,2H2,1H3;2H,1H3. The van der Waals surface area contributed by atoms with E-state index in [0.29, 0.717) is 33.5 Å². The second kappa shape index (κ2) is 15.0. The molecule has 0 spiro atoms. The maximum absolute atomic E-state index is 11.4.